The monoisotopic (exact) mass is 486 g/mol. The van der Waals surface area contributed by atoms with Gasteiger partial charge >= 0.3 is 5.97 Å². The van der Waals surface area contributed by atoms with Crippen LogP contribution in [0.1, 0.15) is 39.2 Å². The Labute approximate surface area is 204 Å². The molecule has 8 nitrogen and oxygen atoms in total. The number of ether oxygens (including phenoxy) is 4. The number of epoxide rings is 1. The lowest BCUT2D eigenvalue weighted by molar-refractivity contribution is -0.443. The average molecular weight is 487 g/mol. The molecule has 4 N–H and O–H groups in total. The van der Waals surface area contributed by atoms with Crippen molar-refractivity contribution in [3.63, 3.8) is 0 Å². The summed E-state index contributed by atoms with van der Waals surface area (Å²) >= 11 is 0. The molecular formula is C27H34O8. The van der Waals surface area contributed by atoms with Crippen LogP contribution in [-0.4, -0.2) is 73.9 Å². The topological polar surface area (TPSA) is 121 Å². The number of hydrogen-bond acceptors (Lipinski definition) is 8. The van der Waals surface area contributed by atoms with Crippen LogP contribution < -0.4 is 0 Å². The average Bonchev–Trinajstić information content (AvgIpc) is 3.48. The van der Waals surface area contributed by atoms with E-state index in [0.717, 1.165) is 5.57 Å². The van der Waals surface area contributed by atoms with Gasteiger partial charge in [0.05, 0.1) is 18.3 Å². The summed E-state index contributed by atoms with van der Waals surface area (Å²) < 4.78 is 26.7. The number of benzene rings is 1. The van der Waals surface area contributed by atoms with E-state index in [4.69, 9.17) is 18.9 Å². The molecule has 35 heavy (non-hydrogen) atoms. The van der Waals surface area contributed by atoms with Crippen LogP contribution in [0.2, 0.25) is 0 Å². The largest absolute Gasteiger partial charge is 0.393 e. The fourth-order valence-corrected chi connectivity index (χ4v) is 8.76. The zero-order valence-electron chi connectivity index (χ0n) is 20.3. The molecule has 3 aliphatic heterocycles. The van der Waals surface area contributed by atoms with Crippen molar-refractivity contribution in [3.05, 3.63) is 48.0 Å². The minimum Gasteiger partial charge on any atom is -0.393 e. The van der Waals surface area contributed by atoms with Crippen molar-refractivity contribution >= 4 is 0 Å². The Bertz CT molecular complexity index is 1100. The maximum Gasteiger partial charge on any atom is 0.313 e. The minimum atomic E-state index is -1.93. The third-order valence-electron chi connectivity index (χ3n) is 10.4. The molecule has 3 bridgehead atoms. The van der Waals surface area contributed by atoms with Crippen LogP contribution in [0.25, 0.3) is 0 Å². The number of aliphatic hydroxyl groups excluding tert-OH is 3. The first-order chi connectivity index (χ1) is 16.5. The highest BCUT2D eigenvalue weighted by atomic mass is 16.9. The third kappa shape index (κ3) is 2.25. The van der Waals surface area contributed by atoms with Gasteiger partial charge in [-0.05, 0) is 37.2 Å². The van der Waals surface area contributed by atoms with E-state index in [1.54, 1.807) is 0 Å². The normalized spacial score (nSPS) is 59.4. The summed E-state index contributed by atoms with van der Waals surface area (Å²) in [6.45, 7) is 9.67. The quantitative estimate of drug-likeness (QED) is 0.372. The number of rotatable bonds is 3. The second-order valence-electron chi connectivity index (χ2n) is 12.0. The third-order valence-corrected chi connectivity index (χ3v) is 10.4. The van der Waals surface area contributed by atoms with Gasteiger partial charge in [-0.3, -0.25) is 0 Å². The summed E-state index contributed by atoms with van der Waals surface area (Å²) in [7, 11) is 0. The van der Waals surface area contributed by atoms with Crippen molar-refractivity contribution in [3.8, 4) is 0 Å². The molecule has 6 fully saturated rings. The van der Waals surface area contributed by atoms with E-state index in [-0.39, 0.29) is 11.8 Å². The van der Waals surface area contributed by atoms with E-state index in [2.05, 4.69) is 13.5 Å². The number of hydrogen-bond donors (Lipinski definition) is 4. The lowest BCUT2D eigenvalue weighted by Crippen LogP contribution is -2.72. The minimum absolute atomic E-state index is 0.158. The highest BCUT2D eigenvalue weighted by molar-refractivity contribution is 5.38. The highest BCUT2D eigenvalue weighted by Gasteiger charge is 2.88. The summed E-state index contributed by atoms with van der Waals surface area (Å²) in [5.41, 5.74) is -3.76. The summed E-state index contributed by atoms with van der Waals surface area (Å²) in [6.07, 6.45) is -2.88. The van der Waals surface area contributed by atoms with Crippen LogP contribution in [0.4, 0.5) is 0 Å². The molecule has 190 valence electrons. The van der Waals surface area contributed by atoms with Crippen LogP contribution in [-0.2, 0) is 24.9 Å². The second-order valence-corrected chi connectivity index (χ2v) is 12.0. The Balaban J connectivity index is 1.51. The molecule has 3 aliphatic carbocycles. The molecule has 6 aliphatic rings. The van der Waals surface area contributed by atoms with Crippen LogP contribution >= 0.6 is 0 Å². The van der Waals surface area contributed by atoms with E-state index in [0.29, 0.717) is 18.4 Å². The van der Waals surface area contributed by atoms with Crippen molar-refractivity contribution in [2.75, 3.05) is 6.61 Å². The summed E-state index contributed by atoms with van der Waals surface area (Å²) in [4.78, 5) is 0. The van der Waals surface area contributed by atoms with Gasteiger partial charge in [0.25, 0.3) is 0 Å². The Kier molecular flexibility index (Phi) is 4.27. The predicted octanol–water partition coefficient (Wildman–Crippen LogP) is 1.20. The first-order valence-corrected chi connectivity index (χ1v) is 12.7. The SMILES string of the molecule is C=C(C)[C@]12C[C@@H](C)[C@@]34O[C@](c5ccccc5)(O[C@@H]1[C@@H]3[C@@H]1O[C@]1(CO)[C@@H](O)[C@@]1(O)[C@H]4C[C@H](C)[C@@H]1O)O2. The van der Waals surface area contributed by atoms with Crippen LogP contribution in [0, 0.1) is 23.7 Å². The molecule has 0 unspecified atom stereocenters. The molecule has 1 aromatic rings. The molecule has 3 saturated heterocycles. The molecule has 8 heteroatoms. The Hall–Kier alpha value is -1.36. The van der Waals surface area contributed by atoms with Gasteiger partial charge < -0.3 is 39.4 Å². The molecule has 0 spiro atoms. The fourth-order valence-electron chi connectivity index (χ4n) is 8.76. The molecular weight excluding hydrogens is 452 g/mol. The van der Waals surface area contributed by atoms with E-state index in [9.17, 15) is 20.4 Å². The first-order valence-electron chi connectivity index (χ1n) is 12.7. The van der Waals surface area contributed by atoms with E-state index in [1.165, 1.54) is 0 Å². The molecule has 3 saturated carbocycles. The van der Waals surface area contributed by atoms with E-state index in [1.807, 2.05) is 44.2 Å². The Morgan fingerprint density at radius 3 is 2.46 bits per heavy atom. The Morgan fingerprint density at radius 2 is 1.80 bits per heavy atom. The van der Waals surface area contributed by atoms with Crippen LogP contribution in [0.5, 0.6) is 0 Å². The molecule has 3 heterocycles. The molecule has 7 rings (SSSR count). The van der Waals surface area contributed by atoms with Crippen molar-refractivity contribution in [2.24, 2.45) is 23.7 Å². The molecule has 0 radical (unpaired) electrons. The fraction of sp³-hybridized carbons (Fsp3) is 0.704. The standard InChI is InChI=1S/C27H34O8/c1-13(2)23-11-15(4)26-17-10-14(3)19(29)25(17,31)22(30)24(12-28)21(32-24)18(26)20(23)33-27(34-23,35-26)16-8-6-5-7-9-16/h5-9,14-15,17-22,28-31H,1,10-12H2,2-4H3/t14-,15+,17+,18+,19-,20+,21-,22+,23+,24-,25+,26-,27+/m0/s1. The van der Waals surface area contributed by atoms with Gasteiger partial charge in [-0.15, -0.1) is 0 Å². The van der Waals surface area contributed by atoms with Gasteiger partial charge in [-0.2, -0.15) is 0 Å². The van der Waals surface area contributed by atoms with E-state index >= 15 is 0 Å². The summed E-state index contributed by atoms with van der Waals surface area (Å²) in [6, 6.07) is 9.48. The van der Waals surface area contributed by atoms with Gasteiger partial charge in [0.2, 0.25) is 0 Å². The maximum absolute atomic E-state index is 12.2. The van der Waals surface area contributed by atoms with Gasteiger partial charge in [-0.25, -0.2) is 0 Å². The molecule has 13 atom stereocenters. The van der Waals surface area contributed by atoms with Crippen LogP contribution in [0.15, 0.2) is 42.5 Å². The zero-order valence-corrected chi connectivity index (χ0v) is 20.3. The van der Waals surface area contributed by atoms with Gasteiger partial charge in [0.15, 0.2) is 0 Å². The summed E-state index contributed by atoms with van der Waals surface area (Å²) in [5, 5.41) is 45.6. The van der Waals surface area contributed by atoms with Gasteiger partial charge in [0.1, 0.15) is 35.1 Å². The van der Waals surface area contributed by atoms with Gasteiger partial charge in [-0.1, -0.05) is 50.8 Å². The van der Waals surface area contributed by atoms with Crippen molar-refractivity contribution in [2.45, 2.75) is 86.4 Å². The van der Waals surface area contributed by atoms with Crippen molar-refractivity contribution in [1.82, 2.24) is 0 Å². The second kappa shape index (κ2) is 6.55. The van der Waals surface area contributed by atoms with Gasteiger partial charge in [0, 0.05) is 17.4 Å². The van der Waals surface area contributed by atoms with E-state index < -0.39 is 71.2 Å². The number of fused-ring (bicyclic) bond motifs is 3. The Morgan fingerprint density at radius 1 is 1.09 bits per heavy atom. The molecule has 1 aromatic carbocycles. The highest BCUT2D eigenvalue weighted by Crippen LogP contribution is 2.74. The summed E-state index contributed by atoms with van der Waals surface area (Å²) in [5.74, 6) is -3.07. The van der Waals surface area contributed by atoms with Crippen LogP contribution in [0.3, 0.4) is 0 Å². The smallest absolute Gasteiger partial charge is 0.313 e. The zero-order chi connectivity index (χ0) is 24.8. The molecule has 0 aromatic heterocycles. The lowest BCUT2D eigenvalue weighted by Gasteiger charge is -2.60. The molecule has 0 amide bonds. The van der Waals surface area contributed by atoms with Crippen molar-refractivity contribution in [1.29, 1.82) is 0 Å². The van der Waals surface area contributed by atoms with Crippen molar-refractivity contribution < 1.29 is 39.4 Å². The first kappa shape index (κ1) is 22.8. The maximum atomic E-state index is 12.2. The predicted molar refractivity (Wildman–Crippen MR) is 122 cm³/mol. The lowest BCUT2D eigenvalue weighted by atomic mass is 9.54. The number of aliphatic hydroxyl groups is 4.